The van der Waals surface area contributed by atoms with E-state index in [1.165, 1.54) is 6.07 Å². The highest BCUT2D eigenvalue weighted by Crippen LogP contribution is 2.42. The van der Waals surface area contributed by atoms with Crippen LogP contribution in [0.2, 0.25) is 0 Å². The summed E-state index contributed by atoms with van der Waals surface area (Å²) < 4.78 is 54.1. The molecule has 0 atom stereocenters. The Labute approximate surface area is 185 Å². The van der Waals surface area contributed by atoms with Gasteiger partial charge in [0.25, 0.3) is 0 Å². The summed E-state index contributed by atoms with van der Waals surface area (Å²) in [7, 11) is 0. The van der Waals surface area contributed by atoms with Crippen LogP contribution in [0.1, 0.15) is 56.2 Å². The number of rotatable bonds is 5. The fourth-order valence-electron chi connectivity index (χ4n) is 3.72. The van der Waals surface area contributed by atoms with Gasteiger partial charge in [0.1, 0.15) is 23.7 Å². The molecule has 0 unspecified atom stereocenters. The summed E-state index contributed by atoms with van der Waals surface area (Å²) in [6.07, 6.45) is -2.57. The number of hydrogen-bond acceptors (Lipinski definition) is 4. The van der Waals surface area contributed by atoms with E-state index < -0.39 is 18.1 Å². The van der Waals surface area contributed by atoms with E-state index >= 15 is 0 Å². The van der Waals surface area contributed by atoms with Gasteiger partial charge in [-0.25, -0.2) is 4.79 Å². The molecule has 2 aromatic rings. The van der Waals surface area contributed by atoms with Gasteiger partial charge in [0.15, 0.2) is 0 Å². The van der Waals surface area contributed by atoms with E-state index in [1.807, 2.05) is 32.9 Å². The maximum atomic E-state index is 12.9. The zero-order valence-corrected chi connectivity index (χ0v) is 18.3. The number of hydrogen-bond donors (Lipinski definition) is 0. The van der Waals surface area contributed by atoms with E-state index in [9.17, 15) is 18.0 Å². The van der Waals surface area contributed by atoms with Gasteiger partial charge in [0.05, 0.1) is 5.69 Å². The quantitative estimate of drug-likeness (QED) is 0.535. The summed E-state index contributed by atoms with van der Waals surface area (Å²) in [5.74, 6) is 0.600. The highest BCUT2D eigenvalue weighted by molar-refractivity contribution is 5.90. The first-order valence-corrected chi connectivity index (χ1v) is 10.6. The number of carbonyl (C=O) groups is 1. The van der Waals surface area contributed by atoms with Crippen molar-refractivity contribution in [3.8, 4) is 11.5 Å². The molecule has 0 spiro atoms. The van der Waals surface area contributed by atoms with Crippen LogP contribution in [0.3, 0.4) is 0 Å². The molecule has 172 valence electrons. The lowest BCUT2D eigenvalue weighted by Gasteiger charge is -2.24. The number of fused-ring (bicyclic) bond motifs is 1. The highest BCUT2D eigenvalue weighted by Gasteiger charge is 2.33. The molecule has 1 heterocycles. The predicted octanol–water partition coefficient (Wildman–Crippen LogP) is 6.34. The largest absolute Gasteiger partial charge is 0.573 e. The van der Waals surface area contributed by atoms with Crippen LogP contribution in [0.25, 0.3) is 0 Å². The van der Waals surface area contributed by atoms with Gasteiger partial charge in [-0.2, -0.15) is 0 Å². The number of benzene rings is 2. The summed E-state index contributed by atoms with van der Waals surface area (Å²) in [6, 6.07) is 10.2. The fourth-order valence-corrected chi connectivity index (χ4v) is 3.72. The van der Waals surface area contributed by atoms with Crippen molar-refractivity contribution < 1.29 is 32.2 Å². The normalized spacial score (nSPS) is 16.0. The second-order valence-corrected chi connectivity index (χ2v) is 9.15. The van der Waals surface area contributed by atoms with Crippen molar-refractivity contribution >= 4 is 11.8 Å². The molecular weight excluding hydrogens is 423 g/mol. The Balaban J connectivity index is 1.46. The lowest BCUT2D eigenvalue weighted by molar-refractivity contribution is -0.275. The number of nitrogens with zero attached hydrogens (tertiary/aromatic N) is 1. The SMILES string of the molecule is CC(C)(C)OC(=O)N1CCc2cc(OCc3ccc(C4CC4)cc3OC(F)(F)F)ccc21. The number of ether oxygens (including phenoxy) is 3. The first-order valence-electron chi connectivity index (χ1n) is 10.6. The molecule has 2 aliphatic rings. The molecule has 4 rings (SSSR count). The first kappa shape index (κ1) is 22.3. The summed E-state index contributed by atoms with van der Waals surface area (Å²) in [6.45, 7) is 5.87. The van der Waals surface area contributed by atoms with Crippen molar-refractivity contribution in [1.29, 1.82) is 0 Å². The van der Waals surface area contributed by atoms with Crippen molar-refractivity contribution in [2.45, 2.75) is 64.5 Å². The summed E-state index contributed by atoms with van der Waals surface area (Å²) >= 11 is 0. The second-order valence-electron chi connectivity index (χ2n) is 9.15. The molecular formula is C24H26F3NO4. The van der Waals surface area contributed by atoms with Gasteiger partial charge < -0.3 is 14.2 Å². The minimum Gasteiger partial charge on any atom is -0.489 e. The van der Waals surface area contributed by atoms with Crippen molar-refractivity contribution in [2.75, 3.05) is 11.4 Å². The van der Waals surface area contributed by atoms with Crippen LogP contribution in [-0.2, 0) is 17.8 Å². The van der Waals surface area contributed by atoms with Gasteiger partial charge in [-0.1, -0.05) is 12.1 Å². The minimum absolute atomic E-state index is 0.0646. The standard InChI is InChI=1S/C24H26F3NO4/c1-23(2,3)32-22(29)28-11-10-17-12-19(8-9-20(17)28)30-14-18-7-6-16(15-4-5-15)13-21(18)31-24(25,26)27/h6-9,12-13,15H,4-5,10-11,14H2,1-3H3. The average molecular weight is 449 g/mol. The van der Waals surface area contributed by atoms with Crippen molar-refractivity contribution in [3.63, 3.8) is 0 Å². The number of carbonyl (C=O) groups excluding carboxylic acids is 1. The Morgan fingerprint density at radius 3 is 2.50 bits per heavy atom. The van der Waals surface area contributed by atoms with Crippen molar-refractivity contribution in [2.24, 2.45) is 0 Å². The van der Waals surface area contributed by atoms with E-state index in [1.54, 1.807) is 23.1 Å². The van der Waals surface area contributed by atoms with Crippen molar-refractivity contribution in [3.05, 3.63) is 53.1 Å². The maximum Gasteiger partial charge on any atom is 0.573 e. The zero-order valence-electron chi connectivity index (χ0n) is 18.3. The fraction of sp³-hybridized carbons (Fsp3) is 0.458. The Morgan fingerprint density at radius 2 is 1.84 bits per heavy atom. The minimum atomic E-state index is -4.77. The van der Waals surface area contributed by atoms with Gasteiger partial charge in [-0.05, 0) is 81.3 Å². The lowest BCUT2D eigenvalue weighted by Crippen LogP contribution is -2.35. The topological polar surface area (TPSA) is 48.0 Å². The van der Waals surface area contributed by atoms with Crippen LogP contribution in [0.4, 0.5) is 23.7 Å². The molecule has 0 saturated heterocycles. The maximum absolute atomic E-state index is 12.9. The number of amides is 1. The molecule has 0 bridgehead atoms. The van der Waals surface area contributed by atoms with Gasteiger partial charge in [-0.15, -0.1) is 13.2 Å². The van der Waals surface area contributed by atoms with Crippen LogP contribution >= 0.6 is 0 Å². The Bertz CT molecular complexity index is 1010. The first-order chi connectivity index (χ1) is 15.0. The molecule has 8 heteroatoms. The van der Waals surface area contributed by atoms with E-state index in [0.717, 1.165) is 29.7 Å². The molecule has 0 radical (unpaired) electrons. The van der Waals surface area contributed by atoms with E-state index in [4.69, 9.17) is 9.47 Å². The molecule has 1 amide bonds. The Hall–Kier alpha value is -2.90. The third kappa shape index (κ3) is 5.47. The van der Waals surface area contributed by atoms with Crippen molar-refractivity contribution in [1.82, 2.24) is 0 Å². The Morgan fingerprint density at radius 1 is 1.09 bits per heavy atom. The number of alkyl halides is 3. The van der Waals surface area contributed by atoms with Crippen LogP contribution in [0, 0.1) is 0 Å². The van der Waals surface area contributed by atoms with Gasteiger partial charge >= 0.3 is 12.5 Å². The Kier molecular flexibility index (Phi) is 5.73. The predicted molar refractivity (Wildman–Crippen MR) is 113 cm³/mol. The van der Waals surface area contributed by atoms with Crippen LogP contribution in [0.5, 0.6) is 11.5 Å². The molecule has 1 saturated carbocycles. The molecule has 5 nitrogen and oxygen atoms in total. The molecule has 2 aromatic carbocycles. The molecule has 0 aromatic heterocycles. The smallest absolute Gasteiger partial charge is 0.489 e. The molecule has 1 aliphatic carbocycles. The summed E-state index contributed by atoms with van der Waals surface area (Å²) in [5.41, 5.74) is 2.26. The van der Waals surface area contributed by atoms with E-state index in [2.05, 4.69) is 4.74 Å². The monoisotopic (exact) mass is 449 g/mol. The highest BCUT2D eigenvalue weighted by atomic mass is 19.4. The molecule has 1 fully saturated rings. The second kappa shape index (κ2) is 8.22. The van der Waals surface area contributed by atoms with E-state index in [0.29, 0.717) is 30.2 Å². The van der Waals surface area contributed by atoms with E-state index in [-0.39, 0.29) is 12.4 Å². The molecule has 1 aliphatic heterocycles. The third-order valence-corrected chi connectivity index (χ3v) is 5.32. The van der Waals surface area contributed by atoms with Crippen LogP contribution in [0.15, 0.2) is 36.4 Å². The zero-order chi connectivity index (χ0) is 23.1. The summed E-state index contributed by atoms with van der Waals surface area (Å²) in [5, 5.41) is 0. The number of halogens is 3. The lowest BCUT2D eigenvalue weighted by atomic mass is 10.1. The average Bonchev–Trinajstić information content (AvgIpc) is 3.43. The summed E-state index contributed by atoms with van der Waals surface area (Å²) in [4.78, 5) is 14.0. The molecule has 0 N–H and O–H groups in total. The van der Waals surface area contributed by atoms with Crippen LogP contribution in [-0.4, -0.2) is 24.6 Å². The number of anilines is 1. The van der Waals surface area contributed by atoms with Gasteiger partial charge in [-0.3, -0.25) is 4.90 Å². The third-order valence-electron chi connectivity index (χ3n) is 5.32. The molecule has 32 heavy (non-hydrogen) atoms. The van der Waals surface area contributed by atoms with Gasteiger partial charge in [0, 0.05) is 12.1 Å². The van der Waals surface area contributed by atoms with Crippen LogP contribution < -0.4 is 14.4 Å². The van der Waals surface area contributed by atoms with Gasteiger partial charge in [0.2, 0.25) is 0 Å².